The molecule has 1 heterocycles. The quantitative estimate of drug-likeness (QED) is 0.657. The maximum absolute atomic E-state index is 11.8. The molecule has 0 atom stereocenters. The lowest BCUT2D eigenvalue weighted by Crippen LogP contribution is -2.19. The van der Waals surface area contributed by atoms with Gasteiger partial charge in [0.2, 0.25) is 11.2 Å². The van der Waals surface area contributed by atoms with Crippen LogP contribution in [0.1, 0.15) is 10.5 Å². The van der Waals surface area contributed by atoms with Gasteiger partial charge in [-0.05, 0) is 12.1 Å². The molecule has 19 heavy (non-hydrogen) atoms. The van der Waals surface area contributed by atoms with Crippen molar-refractivity contribution in [3.05, 3.63) is 70.8 Å². The molecule has 0 saturated carbocycles. The highest BCUT2D eigenvalue weighted by Gasteiger charge is 2.10. The molecule has 0 amide bonds. The van der Waals surface area contributed by atoms with Crippen LogP contribution >= 0.6 is 0 Å². The number of benzene rings is 1. The van der Waals surface area contributed by atoms with E-state index < -0.39 is 11.2 Å². The number of nitrogens with one attached hydrogen (secondary N) is 1. The minimum Gasteiger partial charge on any atom is -0.394 e. The first-order chi connectivity index (χ1) is 9.22. The van der Waals surface area contributed by atoms with Crippen LogP contribution in [0.2, 0.25) is 0 Å². The van der Waals surface area contributed by atoms with Gasteiger partial charge in [0.25, 0.3) is 0 Å². The first kappa shape index (κ1) is 12.8. The lowest BCUT2D eigenvalue weighted by Gasteiger charge is -2.05. The van der Waals surface area contributed by atoms with E-state index in [1.54, 1.807) is 7.05 Å². The van der Waals surface area contributed by atoms with E-state index in [2.05, 4.69) is 10.4 Å². The minimum absolute atomic E-state index is 0.0992. The van der Waals surface area contributed by atoms with Crippen LogP contribution in [-0.2, 0) is 0 Å². The molecule has 0 aliphatic carbocycles. The Morgan fingerprint density at radius 2 is 2.00 bits per heavy atom. The molecule has 0 aliphatic rings. The Morgan fingerprint density at radius 3 is 2.68 bits per heavy atom. The number of hydrogen-bond acceptors (Lipinski definition) is 4. The molecule has 0 fully saturated rings. The lowest BCUT2D eigenvalue weighted by atomic mass is 10.2. The minimum atomic E-state index is -0.426. The van der Waals surface area contributed by atoms with Crippen LogP contribution < -0.4 is 10.7 Å². The summed E-state index contributed by atoms with van der Waals surface area (Å²) in [6, 6.07) is 10.6. The van der Waals surface area contributed by atoms with Crippen molar-refractivity contribution in [2.75, 3.05) is 7.05 Å². The van der Waals surface area contributed by atoms with E-state index in [4.69, 9.17) is 0 Å². The smallest absolute Gasteiger partial charge is 0.211 e. The number of para-hydroxylation sites is 1. The van der Waals surface area contributed by atoms with Gasteiger partial charge in [-0.3, -0.25) is 9.59 Å². The molecular formula is C14H13N3O2. The van der Waals surface area contributed by atoms with Crippen molar-refractivity contribution in [1.82, 2.24) is 15.1 Å². The normalized spacial score (nSPS) is 10.6. The summed E-state index contributed by atoms with van der Waals surface area (Å²) in [5.74, 6) is -0.426. The monoisotopic (exact) mass is 255 g/mol. The first-order valence-electron chi connectivity index (χ1n) is 5.76. The highest BCUT2D eigenvalue weighted by molar-refractivity contribution is 6.02. The highest BCUT2D eigenvalue weighted by Crippen LogP contribution is 2.04. The van der Waals surface area contributed by atoms with Crippen LogP contribution in [0, 0.1) is 0 Å². The van der Waals surface area contributed by atoms with Crippen LogP contribution in [0.15, 0.2) is 59.7 Å². The summed E-state index contributed by atoms with van der Waals surface area (Å²) in [6.07, 6.45) is 4.28. The highest BCUT2D eigenvalue weighted by atomic mass is 16.1. The van der Waals surface area contributed by atoms with E-state index in [1.807, 2.05) is 30.3 Å². The standard InChI is InChI=1S/C14H13N3O2/c1-15-9-7-12(18)14-13(19)8-10-17(16-14)11-5-3-2-4-6-11/h2-10,15H,1H3. The zero-order chi connectivity index (χ0) is 13.7. The second-order valence-corrected chi connectivity index (χ2v) is 3.79. The van der Waals surface area contributed by atoms with Crippen molar-refractivity contribution in [2.24, 2.45) is 0 Å². The van der Waals surface area contributed by atoms with Gasteiger partial charge in [0, 0.05) is 31.6 Å². The van der Waals surface area contributed by atoms with E-state index in [9.17, 15) is 9.59 Å². The van der Waals surface area contributed by atoms with Crippen LogP contribution in [0.5, 0.6) is 0 Å². The molecule has 0 unspecified atom stereocenters. The van der Waals surface area contributed by atoms with Crippen LogP contribution in [0.3, 0.4) is 0 Å². The van der Waals surface area contributed by atoms with Crippen LogP contribution in [-0.4, -0.2) is 22.6 Å². The maximum atomic E-state index is 11.8. The number of carbonyl (C=O) groups excluding carboxylic acids is 1. The Bertz CT molecular complexity index is 660. The first-order valence-corrected chi connectivity index (χ1v) is 5.76. The van der Waals surface area contributed by atoms with Gasteiger partial charge in [0.05, 0.1) is 5.69 Å². The second-order valence-electron chi connectivity index (χ2n) is 3.79. The van der Waals surface area contributed by atoms with Gasteiger partial charge in [-0.15, -0.1) is 0 Å². The number of ketones is 1. The molecule has 5 nitrogen and oxygen atoms in total. The Kier molecular flexibility index (Phi) is 3.87. The number of rotatable bonds is 4. The average molecular weight is 255 g/mol. The van der Waals surface area contributed by atoms with Gasteiger partial charge in [-0.2, -0.15) is 5.10 Å². The number of hydrogen-bond donors (Lipinski definition) is 1. The van der Waals surface area contributed by atoms with Crippen molar-refractivity contribution in [3.8, 4) is 5.69 Å². The Balaban J connectivity index is 2.44. The van der Waals surface area contributed by atoms with E-state index in [1.165, 1.54) is 29.2 Å². The fourth-order valence-electron chi connectivity index (χ4n) is 1.54. The summed E-state index contributed by atoms with van der Waals surface area (Å²) in [4.78, 5) is 23.5. The zero-order valence-corrected chi connectivity index (χ0v) is 10.4. The molecule has 0 spiro atoms. The number of aromatic nitrogens is 2. The SMILES string of the molecule is CNC=CC(=O)c1nn(-c2ccccc2)ccc1=O. The van der Waals surface area contributed by atoms with Gasteiger partial charge in [0.15, 0.2) is 5.69 Å². The molecule has 1 aromatic heterocycles. The van der Waals surface area contributed by atoms with Gasteiger partial charge in [-0.1, -0.05) is 18.2 Å². The van der Waals surface area contributed by atoms with Gasteiger partial charge in [-0.25, -0.2) is 4.68 Å². The van der Waals surface area contributed by atoms with Gasteiger partial charge in [0.1, 0.15) is 0 Å². The fraction of sp³-hybridized carbons (Fsp3) is 0.0714. The van der Waals surface area contributed by atoms with Crippen molar-refractivity contribution < 1.29 is 4.79 Å². The van der Waals surface area contributed by atoms with Crippen LogP contribution in [0.4, 0.5) is 0 Å². The average Bonchev–Trinajstić information content (AvgIpc) is 2.46. The molecule has 0 radical (unpaired) electrons. The summed E-state index contributed by atoms with van der Waals surface area (Å²) in [7, 11) is 1.67. The van der Waals surface area contributed by atoms with Crippen molar-refractivity contribution in [3.63, 3.8) is 0 Å². The summed E-state index contributed by atoms with van der Waals surface area (Å²) in [5.41, 5.74) is 0.296. The zero-order valence-electron chi connectivity index (χ0n) is 10.4. The molecule has 1 N–H and O–H groups in total. The van der Waals surface area contributed by atoms with E-state index in [0.717, 1.165) is 5.69 Å². The fourth-order valence-corrected chi connectivity index (χ4v) is 1.54. The van der Waals surface area contributed by atoms with Crippen molar-refractivity contribution >= 4 is 5.78 Å². The largest absolute Gasteiger partial charge is 0.394 e. The molecule has 0 aliphatic heterocycles. The topological polar surface area (TPSA) is 64.0 Å². The lowest BCUT2D eigenvalue weighted by molar-refractivity contribution is 0.103. The molecule has 2 rings (SSSR count). The van der Waals surface area contributed by atoms with Gasteiger partial charge < -0.3 is 5.32 Å². The predicted molar refractivity (Wildman–Crippen MR) is 72.4 cm³/mol. The molecule has 0 bridgehead atoms. The van der Waals surface area contributed by atoms with E-state index in [-0.39, 0.29) is 5.69 Å². The molecule has 5 heteroatoms. The summed E-state index contributed by atoms with van der Waals surface area (Å²) >= 11 is 0. The third kappa shape index (κ3) is 2.95. The van der Waals surface area contributed by atoms with Crippen molar-refractivity contribution in [1.29, 1.82) is 0 Å². The molecule has 96 valence electrons. The number of nitrogens with zero attached hydrogens (tertiary/aromatic N) is 2. The molecule has 1 aromatic carbocycles. The van der Waals surface area contributed by atoms with E-state index >= 15 is 0 Å². The summed E-state index contributed by atoms with van der Waals surface area (Å²) < 4.78 is 1.50. The number of allylic oxidation sites excluding steroid dienone is 1. The predicted octanol–water partition coefficient (Wildman–Crippen LogP) is 1.15. The van der Waals surface area contributed by atoms with Crippen LogP contribution in [0.25, 0.3) is 5.69 Å². The molecule has 2 aromatic rings. The third-order valence-electron chi connectivity index (χ3n) is 2.46. The van der Waals surface area contributed by atoms with Crippen molar-refractivity contribution in [2.45, 2.75) is 0 Å². The Labute approximate surface area is 110 Å². The third-order valence-corrected chi connectivity index (χ3v) is 2.46. The Hall–Kier alpha value is -2.69. The Morgan fingerprint density at radius 1 is 1.26 bits per heavy atom. The molecule has 0 saturated heterocycles. The van der Waals surface area contributed by atoms with E-state index in [0.29, 0.717) is 0 Å². The summed E-state index contributed by atoms with van der Waals surface area (Å²) in [5, 5.41) is 6.77. The van der Waals surface area contributed by atoms with Gasteiger partial charge >= 0.3 is 0 Å². The number of carbonyl (C=O) groups is 1. The summed E-state index contributed by atoms with van der Waals surface area (Å²) in [6.45, 7) is 0. The molecular weight excluding hydrogens is 242 g/mol. The second kappa shape index (κ2) is 5.77. The maximum Gasteiger partial charge on any atom is 0.211 e.